The first kappa shape index (κ1) is 12.4. The molecule has 17 heavy (non-hydrogen) atoms. The van der Waals surface area contributed by atoms with Gasteiger partial charge in [0.05, 0.1) is 5.92 Å². The zero-order valence-electron chi connectivity index (χ0n) is 9.10. The topological polar surface area (TPSA) is 12.0 Å². The van der Waals surface area contributed by atoms with Gasteiger partial charge in [-0.3, -0.25) is 0 Å². The zero-order chi connectivity index (χ0) is 12.5. The van der Waals surface area contributed by atoms with E-state index in [9.17, 15) is 17.6 Å². The van der Waals surface area contributed by atoms with E-state index in [1.807, 2.05) is 0 Å². The molecule has 1 aliphatic heterocycles. The van der Waals surface area contributed by atoms with Gasteiger partial charge in [0.2, 0.25) is 0 Å². The maximum absolute atomic E-state index is 13.0. The van der Waals surface area contributed by atoms with E-state index < -0.39 is 24.0 Å². The molecule has 2 atom stereocenters. The molecule has 0 bridgehead atoms. The minimum atomic E-state index is -4.16. The van der Waals surface area contributed by atoms with Crippen molar-refractivity contribution in [1.82, 2.24) is 5.32 Å². The molecule has 1 nitrogen and oxygen atoms in total. The van der Waals surface area contributed by atoms with E-state index in [2.05, 4.69) is 5.32 Å². The summed E-state index contributed by atoms with van der Waals surface area (Å²) in [5.41, 5.74) is 0.582. The predicted octanol–water partition coefficient (Wildman–Crippen LogP) is 3.43. The smallest absolute Gasteiger partial charge is 0.310 e. The molecule has 0 spiro atoms. The number of alkyl halides is 3. The van der Waals surface area contributed by atoms with Gasteiger partial charge in [-0.25, -0.2) is 4.39 Å². The van der Waals surface area contributed by atoms with Crippen LogP contribution >= 0.6 is 0 Å². The summed E-state index contributed by atoms with van der Waals surface area (Å²) in [4.78, 5) is 0. The van der Waals surface area contributed by atoms with E-state index in [0.717, 1.165) is 0 Å². The molecule has 0 aromatic heterocycles. The number of hydrogen-bond acceptors (Lipinski definition) is 1. The second-order valence-corrected chi connectivity index (χ2v) is 4.32. The van der Waals surface area contributed by atoms with Crippen molar-refractivity contribution in [2.75, 3.05) is 6.54 Å². The average molecular weight is 247 g/mol. The quantitative estimate of drug-likeness (QED) is 0.750. The van der Waals surface area contributed by atoms with Crippen LogP contribution in [0.1, 0.15) is 24.4 Å². The fourth-order valence-electron chi connectivity index (χ4n) is 2.19. The van der Waals surface area contributed by atoms with Crippen molar-refractivity contribution >= 4 is 0 Å². The van der Waals surface area contributed by atoms with Crippen molar-refractivity contribution in [1.29, 1.82) is 0 Å². The third-order valence-electron chi connectivity index (χ3n) is 3.12. The molecule has 1 fully saturated rings. The first-order chi connectivity index (χ1) is 7.97. The van der Waals surface area contributed by atoms with E-state index in [1.54, 1.807) is 6.07 Å². The second kappa shape index (κ2) is 4.64. The molecular formula is C12H13F4N. The van der Waals surface area contributed by atoms with Crippen LogP contribution < -0.4 is 5.32 Å². The molecule has 1 saturated heterocycles. The average Bonchev–Trinajstić information content (AvgIpc) is 2.28. The maximum Gasteiger partial charge on any atom is 0.391 e. The van der Waals surface area contributed by atoms with Crippen LogP contribution in [0.4, 0.5) is 17.6 Å². The summed E-state index contributed by atoms with van der Waals surface area (Å²) in [6.45, 7) is 0.311. The summed E-state index contributed by atoms with van der Waals surface area (Å²) in [6.07, 6.45) is -4.09. The van der Waals surface area contributed by atoms with Gasteiger partial charge in [0, 0.05) is 6.04 Å². The van der Waals surface area contributed by atoms with Gasteiger partial charge in [-0.05, 0) is 37.1 Å². The molecule has 0 saturated carbocycles. The van der Waals surface area contributed by atoms with Crippen molar-refractivity contribution in [3.63, 3.8) is 0 Å². The summed E-state index contributed by atoms with van der Waals surface area (Å²) in [5, 5.41) is 3.00. The SMILES string of the molecule is Fc1cccc(C2CC(C(F)(F)F)CCN2)c1. The van der Waals surface area contributed by atoms with Crippen LogP contribution in [0, 0.1) is 11.7 Å². The Morgan fingerprint density at radius 2 is 2.00 bits per heavy atom. The summed E-state index contributed by atoms with van der Waals surface area (Å²) in [7, 11) is 0. The lowest BCUT2D eigenvalue weighted by Crippen LogP contribution is -2.38. The summed E-state index contributed by atoms with van der Waals surface area (Å²) < 4.78 is 50.8. The first-order valence-corrected chi connectivity index (χ1v) is 5.52. The second-order valence-electron chi connectivity index (χ2n) is 4.32. The van der Waals surface area contributed by atoms with E-state index in [4.69, 9.17) is 0 Å². The van der Waals surface area contributed by atoms with Crippen LogP contribution in [-0.2, 0) is 0 Å². The number of nitrogens with one attached hydrogen (secondary N) is 1. The highest BCUT2D eigenvalue weighted by molar-refractivity contribution is 5.20. The van der Waals surface area contributed by atoms with Crippen molar-refractivity contribution in [3.05, 3.63) is 35.6 Å². The van der Waals surface area contributed by atoms with Gasteiger partial charge >= 0.3 is 6.18 Å². The third kappa shape index (κ3) is 2.97. The van der Waals surface area contributed by atoms with Gasteiger partial charge in [-0.1, -0.05) is 12.1 Å². The number of hydrogen-bond donors (Lipinski definition) is 1. The van der Waals surface area contributed by atoms with Crippen LogP contribution in [0.25, 0.3) is 0 Å². The van der Waals surface area contributed by atoms with Gasteiger partial charge in [0.25, 0.3) is 0 Å². The van der Waals surface area contributed by atoms with Crippen LogP contribution in [0.15, 0.2) is 24.3 Å². The van der Waals surface area contributed by atoms with Crippen molar-refractivity contribution in [2.24, 2.45) is 5.92 Å². The molecule has 1 aromatic carbocycles. The predicted molar refractivity (Wildman–Crippen MR) is 55.9 cm³/mol. The highest BCUT2D eigenvalue weighted by Crippen LogP contribution is 2.38. The molecule has 2 unspecified atom stereocenters. The molecule has 0 amide bonds. The van der Waals surface area contributed by atoms with Crippen LogP contribution in [0.2, 0.25) is 0 Å². The fraction of sp³-hybridized carbons (Fsp3) is 0.500. The summed E-state index contributed by atoms with van der Waals surface area (Å²) >= 11 is 0. The molecule has 0 radical (unpaired) electrons. The zero-order valence-corrected chi connectivity index (χ0v) is 9.10. The lowest BCUT2D eigenvalue weighted by Gasteiger charge is -2.31. The van der Waals surface area contributed by atoms with E-state index in [-0.39, 0.29) is 12.8 Å². The highest BCUT2D eigenvalue weighted by Gasteiger charge is 2.42. The van der Waals surface area contributed by atoms with Crippen LogP contribution in [0.5, 0.6) is 0 Å². The van der Waals surface area contributed by atoms with Gasteiger partial charge in [-0.15, -0.1) is 0 Å². The minimum absolute atomic E-state index is 0.0209. The Labute approximate surface area is 96.8 Å². The molecule has 94 valence electrons. The van der Waals surface area contributed by atoms with Crippen LogP contribution in [0.3, 0.4) is 0 Å². The fourth-order valence-corrected chi connectivity index (χ4v) is 2.19. The van der Waals surface area contributed by atoms with Gasteiger partial charge < -0.3 is 5.32 Å². The Bertz CT molecular complexity index is 388. The van der Waals surface area contributed by atoms with Gasteiger partial charge in [0.15, 0.2) is 0 Å². The van der Waals surface area contributed by atoms with E-state index >= 15 is 0 Å². The Hall–Kier alpha value is -1.10. The number of rotatable bonds is 1. The van der Waals surface area contributed by atoms with Gasteiger partial charge in [0.1, 0.15) is 5.82 Å². The normalized spacial score (nSPS) is 25.9. The minimum Gasteiger partial charge on any atom is -0.310 e. The Morgan fingerprint density at radius 1 is 1.24 bits per heavy atom. The molecular weight excluding hydrogens is 234 g/mol. The number of benzene rings is 1. The van der Waals surface area contributed by atoms with E-state index in [0.29, 0.717) is 12.1 Å². The Kier molecular flexibility index (Phi) is 3.38. The molecule has 1 aromatic rings. The lowest BCUT2D eigenvalue weighted by molar-refractivity contribution is -0.183. The van der Waals surface area contributed by atoms with Gasteiger partial charge in [-0.2, -0.15) is 13.2 Å². The Morgan fingerprint density at radius 3 is 2.65 bits per heavy atom. The van der Waals surface area contributed by atoms with E-state index in [1.165, 1.54) is 18.2 Å². The molecule has 1 heterocycles. The Balaban J connectivity index is 2.12. The highest BCUT2D eigenvalue weighted by atomic mass is 19.4. The van der Waals surface area contributed by atoms with Crippen molar-refractivity contribution < 1.29 is 17.6 Å². The summed E-state index contributed by atoms with van der Waals surface area (Å²) in [5.74, 6) is -1.71. The summed E-state index contributed by atoms with van der Waals surface area (Å²) in [6, 6.07) is 5.33. The maximum atomic E-state index is 13.0. The number of piperidine rings is 1. The first-order valence-electron chi connectivity index (χ1n) is 5.52. The largest absolute Gasteiger partial charge is 0.391 e. The van der Waals surface area contributed by atoms with Crippen LogP contribution in [-0.4, -0.2) is 12.7 Å². The van der Waals surface area contributed by atoms with Crippen molar-refractivity contribution in [2.45, 2.75) is 25.1 Å². The standard InChI is InChI=1S/C12H13F4N/c13-10-3-1-2-8(6-10)11-7-9(4-5-17-11)12(14,15)16/h1-3,6,9,11,17H,4-5,7H2. The van der Waals surface area contributed by atoms with Crippen molar-refractivity contribution in [3.8, 4) is 0 Å². The monoisotopic (exact) mass is 247 g/mol. The number of halogens is 4. The molecule has 2 rings (SSSR count). The molecule has 1 N–H and O–H groups in total. The lowest BCUT2D eigenvalue weighted by atomic mass is 9.88. The molecule has 1 aliphatic rings. The molecule has 0 aliphatic carbocycles. The molecule has 5 heteroatoms. The third-order valence-corrected chi connectivity index (χ3v) is 3.12.